The smallest absolute Gasteiger partial charge is 0.376 e. The maximum absolute atomic E-state index is 13.6. The van der Waals surface area contributed by atoms with E-state index < -0.39 is 11.7 Å². The first kappa shape index (κ1) is 23.0. The number of benzene rings is 2. The Morgan fingerprint density at radius 2 is 1.76 bits per heavy atom. The van der Waals surface area contributed by atoms with Crippen LogP contribution < -0.4 is 5.32 Å². The molecular formula is C26H24F3N3O. The SMILES string of the molecule is N#Cc1ccc(-c2cc(COCC3(c4ccccc4)CCNCC3)cc(C(F)(F)F)c2)cn1. The molecule has 4 rings (SSSR count). The molecule has 4 nitrogen and oxygen atoms in total. The molecule has 1 aromatic heterocycles. The van der Waals surface area contributed by atoms with Gasteiger partial charge in [0.25, 0.3) is 0 Å². The molecule has 1 aliphatic heterocycles. The van der Waals surface area contributed by atoms with E-state index in [2.05, 4.69) is 22.4 Å². The number of ether oxygens (including phenoxy) is 1. The molecule has 1 N–H and O–H groups in total. The molecule has 2 aromatic carbocycles. The average Bonchev–Trinajstić information content (AvgIpc) is 2.84. The van der Waals surface area contributed by atoms with Gasteiger partial charge in [-0.05, 0) is 73.0 Å². The van der Waals surface area contributed by atoms with Crippen molar-refractivity contribution in [1.82, 2.24) is 10.3 Å². The van der Waals surface area contributed by atoms with Crippen molar-refractivity contribution in [2.45, 2.75) is 31.0 Å². The fourth-order valence-electron chi connectivity index (χ4n) is 4.31. The summed E-state index contributed by atoms with van der Waals surface area (Å²) in [5.41, 5.74) is 1.86. The number of nitrogens with one attached hydrogen (secondary N) is 1. The standard InChI is InChI=1S/C26H24F3N3O/c27-26(28,29)23-13-19(12-21(14-23)20-6-7-24(15-30)32-16-20)17-33-18-25(8-10-31-11-9-25)22-4-2-1-3-5-22/h1-7,12-14,16,31H,8-11,17-18H2. The van der Waals surface area contributed by atoms with Crippen LogP contribution in [0.4, 0.5) is 13.2 Å². The minimum Gasteiger partial charge on any atom is -0.376 e. The van der Waals surface area contributed by atoms with Crippen LogP contribution in [-0.2, 0) is 22.9 Å². The number of halogens is 3. The van der Waals surface area contributed by atoms with Crippen LogP contribution in [0, 0.1) is 11.3 Å². The molecule has 1 aliphatic rings. The molecule has 0 saturated carbocycles. The second-order valence-electron chi connectivity index (χ2n) is 8.35. The van der Waals surface area contributed by atoms with Crippen molar-refractivity contribution in [3.8, 4) is 17.2 Å². The Labute approximate surface area is 191 Å². The Morgan fingerprint density at radius 3 is 2.39 bits per heavy atom. The van der Waals surface area contributed by atoms with Gasteiger partial charge in [0.15, 0.2) is 0 Å². The highest BCUT2D eigenvalue weighted by molar-refractivity contribution is 5.65. The number of nitriles is 1. The van der Waals surface area contributed by atoms with E-state index >= 15 is 0 Å². The molecule has 1 fully saturated rings. The molecule has 0 aliphatic carbocycles. The number of hydrogen-bond acceptors (Lipinski definition) is 4. The summed E-state index contributed by atoms with van der Waals surface area (Å²) < 4.78 is 46.8. The van der Waals surface area contributed by atoms with E-state index in [9.17, 15) is 13.2 Å². The van der Waals surface area contributed by atoms with Gasteiger partial charge in [0, 0.05) is 17.2 Å². The van der Waals surface area contributed by atoms with Crippen molar-refractivity contribution in [2.75, 3.05) is 19.7 Å². The van der Waals surface area contributed by atoms with Gasteiger partial charge in [-0.1, -0.05) is 30.3 Å². The number of rotatable bonds is 6. The Bertz CT molecular complexity index is 1120. The first-order chi connectivity index (χ1) is 15.9. The number of pyridine rings is 1. The molecule has 1 saturated heterocycles. The van der Waals surface area contributed by atoms with Crippen molar-refractivity contribution < 1.29 is 17.9 Å². The minimum absolute atomic E-state index is 0.0721. The second-order valence-corrected chi connectivity index (χ2v) is 8.35. The molecule has 7 heteroatoms. The third-order valence-corrected chi connectivity index (χ3v) is 6.13. The molecule has 0 spiro atoms. The van der Waals surface area contributed by atoms with E-state index in [4.69, 9.17) is 10.00 Å². The van der Waals surface area contributed by atoms with Gasteiger partial charge >= 0.3 is 6.18 Å². The largest absolute Gasteiger partial charge is 0.416 e. The third-order valence-electron chi connectivity index (χ3n) is 6.13. The minimum atomic E-state index is -4.48. The fourth-order valence-corrected chi connectivity index (χ4v) is 4.31. The summed E-state index contributed by atoms with van der Waals surface area (Å²) in [5, 5.41) is 12.3. The van der Waals surface area contributed by atoms with Crippen molar-refractivity contribution in [3.63, 3.8) is 0 Å². The predicted molar refractivity (Wildman–Crippen MR) is 119 cm³/mol. The van der Waals surface area contributed by atoms with Crippen LogP contribution in [0.1, 0.15) is 35.2 Å². The highest BCUT2D eigenvalue weighted by Gasteiger charge is 2.34. The van der Waals surface area contributed by atoms with Crippen molar-refractivity contribution >= 4 is 0 Å². The van der Waals surface area contributed by atoms with Gasteiger partial charge in [-0.25, -0.2) is 4.98 Å². The van der Waals surface area contributed by atoms with Gasteiger partial charge in [0.1, 0.15) is 11.8 Å². The molecular weight excluding hydrogens is 427 g/mol. The second kappa shape index (κ2) is 9.74. The summed E-state index contributed by atoms with van der Waals surface area (Å²) >= 11 is 0. The zero-order valence-electron chi connectivity index (χ0n) is 18.0. The van der Waals surface area contributed by atoms with Gasteiger partial charge in [-0.3, -0.25) is 0 Å². The van der Waals surface area contributed by atoms with Crippen LogP contribution in [-0.4, -0.2) is 24.7 Å². The lowest BCUT2D eigenvalue weighted by Crippen LogP contribution is -2.43. The molecule has 3 aromatic rings. The lowest BCUT2D eigenvalue weighted by atomic mass is 9.74. The van der Waals surface area contributed by atoms with Crippen LogP contribution in [0.15, 0.2) is 66.9 Å². The monoisotopic (exact) mass is 451 g/mol. The van der Waals surface area contributed by atoms with E-state index in [1.807, 2.05) is 24.3 Å². The summed E-state index contributed by atoms with van der Waals surface area (Å²) in [7, 11) is 0. The maximum Gasteiger partial charge on any atom is 0.416 e. The van der Waals surface area contributed by atoms with Crippen molar-refractivity contribution in [1.29, 1.82) is 5.26 Å². The van der Waals surface area contributed by atoms with Gasteiger partial charge in [0.05, 0.1) is 18.8 Å². The van der Waals surface area contributed by atoms with Gasteiger partial charge in [-0.2, -0.15) is 18.4 Å². The Kier molecular flexibility index (Phi) is 6.77. The number of nitrogens with zero attached hydrogens (tertiary/aromatic N) is 2. The maximum atomic E-state index is 13.6. The molecule has 0 bridgehead atoms. The first-order valence-electron chi connectivity index (χ1n) is 10.8. The van der Waals surface area contributed by atoms with E-state index in [-0.39, 0.29) is 17.7 Å². The van der Waals surface area contributed by atoms with Crippen LogP contribution in [0.25, 0.3) is 11.1 Å². The molecule has 0 atom stereocenters. The van der Waals surface area contributed by atoms with E-state index in [1.54, 1.807) is 12.1 Å². The summed E-state index contributed by atoms with van der Waals surface area (Å²) in [6.07, 6.45) is -1.26. The number of aromatic nitrogens is 1. The van der Waals surface area contributed by atoms with Crippen molar-refractivity contribution in [2.24, 2.45) is 0 Å². The third kappa shape index (κ3) is 5.41. The van der Waals surface area contributed by atoms with E-state index in [0.29, 0.717) is 23.3 Å². The van der Waals surface area contributed by atoms with Crippen LogP contribution in [0.5, 0.6) is 0 Å². The van der Waals surface area contributed by atoms with Crippen LogP contribution >= 0.6 is 0 Å². The zero-order valence-corrected chi connectivity index (χ0v) is 18.0. The fraction of sp³-hybridized carbons (Fsp3) is 0.308. The van der Waals surface area contributed by atoms with E-state index in [1.165, 1.54) is 17.8 Å². The summed E-state index contributed by atoms with van der Waals surface area (Å²) in [6, 6.07) is 19.1. The molecule has 170 valence electrons. The van der Waals surface area contributed by atoms with Gasteiger partial charge in [0.2, 0.25) is 0 Å². The molecule has 0 radical (unpaired) electrons. The van der Waals surface area contributed by atoms with E-state index in [0.717, 1.165) is 38.1 Å². The molecule has 0 amide bonds. The molecule has 2 heterocycles. The zero-order chi connectivity index (χ0) is 23.3. The highest BCUT2D eigenvalue weighted by atomic mass is 19.4. The Morgan fingerprint density at radius 1 is 1.00 bits per heavy atom. The lowest BCUT2D eigenvalue weighted by Gasteiger charge is -2.38. The quantitative estimate of drug-likeness (QED) is 0.539. The summed E-state index contributed by atoms with van der Waals surface area (Å²) in [5.74, 6) is 0. The van der Waals surface area contributed by atoms with Crippen molar-refractivity contribution in [3.05, 3.63) is 89.2 Å². The summed E-state index contributed by atoms with van der Waals surface area (Å²) in [4.78, 5) is 3.98. The van der Waals surface area contributed by atoms with Gasteiger partial charge < -0.3 is 10.1 Å². The topological polar surface area (TPSA) is 57.9 Å². The first-order valence-corrected chi connectivity index (χ1v) is 10.8. The predicted octanol–water partition coefficient (Wildman–Crippen LogP) is 5.48. The number of piperidine rings is 1. The van der Waals surface area contributed by atoms with Gasteiger partial charge in [-0.15, -0.1) is 0 Å². The normalized spacial score (nSPS) is 15.7. The highest BCUT2D eigenvalue weighted by Crippen LogP contribution is 2.36. The number of hydrogen-bond donors (Lipinski definition) is 1. The molecule has 0 unspecified atom stereocenters. The lowest BCUT2D eigenvalue weighted by molar-refractivity contribution is -0.137. The molecule has 33 heavy (non-hydrogen) atoms. The average molecular weight is 451 g/mol. The number of alkyl halides is 3. The summed E-state index contributed by atoms with van der Waals surface area (Å²) in [6.45, 7) is 2.25. The van der Waals surface area contributed by atoms with Crippen LogP contribution in [0.3, 0.4) is 0 Å². The Hall–Kier alpha value is -3.21. The van der Waals surface area contributed by atoms with Crippen LogP contribution in [0.2, 0.25) is 0 Å². The Balaban J connectivity index is 1.57.